The van der Waals surface area contributed by atoms with Crippen molar-refractivity contribution in [3.8, 4) is 22.5 Å². The van der Waals surface area contributed by atoms with Crippen LogP contribution in [0.15, 0.2) is 64.8 Å². The number of nitrogens with one attached hydrogen (secondary N) is 1. The normalized spacial score (nSPS) is 12.7. The number of aromatic nitrogens is 2. The van der Waals surface area contributed by atoms with E-state index in [2.05, 4.69) is 5.32 Å². The maximum absolute atomic E-state index is 14.0. The Balaban J connectivity index is 1.40. The molecule has 3 heterocycles. The number of amides is 1. The molecule has 41 heavy (non-hydrogen) atoms. The molecule has 1 aliphatic rings. The first-order chi connectivity index (χ1) is 19.9. The molecule has 0 fully saturated rings. The van der Waals surface area contributed by atoms with Crippen LogP contribution in [-0.2, 0) is 28.9 Å². The second-order valence-electron chi connectivity index (χ2n) is 9.71. The Morgan fingerprint density at radius 2 is 1.80 bits per heavy atom. The lowest BCUT2D eigenvalue weighted by molar-refractivity contribution is -0.116. The van der Waals surface area contributed by atoms with Gasteiger partial charge in [0.15, 0.2) is 0 Å². The molecule has 0 spiro atoms. The van der Waals surface area contributed by atoms with Crippen LogP contribution in [0.3, 0.4) is 0 Å². The standard InChI is InChI=1S/C31H26ClN3O4S2/c1-2-39-31(38)26-22(18-12-14-20(32)15-13-18)17-40-28(26)33-24(36)16-35-27(19-8-4-3-5-9-19)34-29-25(30(35)37)21-10-6-7-11-23(21)41-29/h3-5,8-9,12-15,17H,2,6-7,10-11,16H2,1H3,(H,33,36). The topological polar surface area (TPSA) is 90.3 Å². The SMILES string of the molecule is CCOC(=O)c1c(-c2ccc(Cl)cc2)csc1NC(=O)Cn1c(-c2ccccc2)nc2sc3c(c2c1=O)CCCC3. The number of fused-ring (bicyclic) bond motifs is 3. The summed E-state index contributed by atoms with van der Waals surface area (Å²) in [6.07, 6.45) is 3.92. The van der Waals surface area contributed by atoms with Gasteiger partial charge in [-0.2, -0.15) is 0 Å². The number of nitrogens with zero attached hydrogens (tertiary/aromatic N) is 2. The van der Waals surface area contributed by atoms with Gasteiger partial charge in [-0.05, 0) is 55.9 Å². The number of halogens is 1. The maximum atomic E-state index is 14.0. The molecule has 7 nitrogen and oxygen atoms in total. The molecule has 5 aromatic rings. The molecule has 0 bridgehead atoms. The van der Waals surface area contributed by atoms with Crippen LogP contribution in [-0.4, -0.2) is 28.0 Å². The highest BCUT2D eigenvalue weighted by Gasteiger charge is 2.26. The molecule has 0 unspecified atom stereocenters. The largest absolute Gasteiger partial charge is 0.462 e. The number of hydrogen-bond acceptors (Lipinski definition) is 7. The zero-order chi connectivity index (χ0) is 28.5. The lowest BCUT2D eigenvalue weighted by atomic mass is 9.97. The first-order valence-electron chi connectivity index (χ1n) is 13.4. The van der Waals surface area contributed by atoms with Gasteiger partial charge < -0.3 is 10.1 Å². The van der Waals surface area contributed by atoms with Gasteiger partial charge in [0.2, 0.25) is 5.91 Å². The van der Waals surface area contributed by atoms with Crippen molar-refractivity contribution in [3.05, 3.63) is 91.4 Å². The van der Waals surface area contributed by atoms with E-state index in [9.17, 15) is 14.4 Å². The lowest BCUT2D eigenvalue weighted by Crippen LogP contribution is -2.30. The summed E-state index contributed by atoms with van der Waals surface area (Å²) >= 11 is 8.87. The van der Waals surface area contributed by atoms with E-state index in [4.69, 9.17) is 21.3 Å². The molecule has 1 N–H and O–H groups in total. The summed E-state index contributed by atoms with van der Waals surface area (Å²) in [7, 11) is 0. The zero-order valence-corrected chi connectivity index (χ0v) is 24.6. The Morgan fingerprint density at radius 3 is 2.56 bits per heavy atom. The Hall–Kier alpha value is -3.79. The van der Waals surface area contributed by atoms with E-state index in [1.807, 2.05) is 42.5 Å². The molecule has 0 saturated carbocycles. The van der Waals surface area contributed by atoms with Crippen molar-refractivity contribution in [1.82, 2.24) is 9.55 Å². The maximum Gasteiger partial charge on any atom is 0.341 e. The predicted octanol–water partition coefficient (Wildman–Crippen LogP) is 7.20. The molecule has 0 atom stereocenters. The van der Waals surface area contributed by atoms with Crippen LogP contribution in [0.25, 0.3) is 32.7 Å². The number of rotatable bonds is 7. The van der Waals surface area contributed by atoms with Gasteiger partial charge in [-0.1, -0.05) is 54.1 Å². The Morgan fingerprint density at radius 1 is 1.05 bits per heavy atom. The van der Waals surface area contributed by atoms with Crippen LogP contribution >= 0.6 is 34.3 Å². The van der Waals surface area contributed by atoms with Crippen LogP contribution in [0.1, 0.15) is 40.6 Å². The summed E-state index contributed by atoms with van der Waals surface area (Å²) in [6, 6.07) is 16.5. The lowest BCUT2D eigenvalue weighted by Gasteiger charge is -2.14. The van der Waals surface area contributed by atoms with Crippen molar-refractivity contribution in [2.75, 3.05) is 11.9 Å². The van der Waals surface area contributed by atoms with Gasteiger partial charge >= 0.3 is 5.97 Å². The van der Waals surface area contributed by atoms with E-state index in [-0.39, 0.29) is 24.3 Å². The number of carbonyl (C=O) groups excluding carboxylic acids is 2. The number of aryl methyl sites for hydroxylation is 2. The van der Waals surface area contributed by atoms with Crippen molar-refractivity contribution in [2.24, 2.45) is 0 Å². The molecular weight excluding hydrogens is 578 g/mol. The van der Waals surface area contributed by atoms with Gasteiger partial charge in [0.25, 0.3) is 5.56 Å². The Kier molecular flexibility index (Phi) is 7.75. The van der Waals surface area contributed by atoms with Crippen LogP contribution in [0.5, 0.6) is 0 Å². The molecule has 208 valence electrons. The van der Waals surface area contributed by atoms with E-state index in [0.717, 1.165) is 42.4 Å². The molecule has 3 aromatic heterocycles. The average molecular weight is 604 g/mol. The Labute approximate surface area is 249 Å². The summed E-state index contributed by atoms with van der Waals surface area (Å²) in [6.45, 7) is 1.66. The van der Waals surface area contributed by atoms with E-state index in [0.29, 0.717) is 31.6 Å². The minimum absolute atomic E-state index is 0.189. The summed E-state index contributed by atoms with van der Waals surface area (Å²) < 4.78 is 6.78. The molecule has 10 heteroatoms. The summed E-state index contributed by atoms with van der Waals surface area (Å²) in [5, 5.41) is 6.23. The monoisotopic (exact) mass is 603 g/mol. The fraction of sp³-hybridized carbons (Fsp3) is 0.226. The first kappa shape index (κ1) is 27.4. The highest BCUT2D eigenvalue weighted by molar-refractivity contribution is 7.18. The number of carbonyl (C=O) groups is 2. The van der Waals surface area contributed by atoms with E-state index >= 15 is 0 Å². The van der Waals surface area contributed by atoms with E-state index in [1.165, 1.54) is 20.8 Å². The van der Waals surface area contributed by atoms with E-state index in [1.54, 1.807) is 35.8 Å². The van der Waals surface area contributed by atoms with Crippen molar-refractivity contribution in [2.45, 2.75) is 39.2 Å². The van der Waals surface area contributed by atoms with E-state index < -0.39 is 11.9 Å². The molecule has 2 aromatic carbocycles. The van der Waals surface area contributed by atoms with Gasteiger partial charge in [-0.15, -0.1) is 22.7 Å². The average Bonchev–Trinajstić information content (AvgIpc) is 3.57. The predicted molar refractivity (Wildman–Crippen MR) is 165 cm³/mol. The smallest absolute Gasteiger partial charge is 0.341 e. The second-order valence-corrected chi connectivity index (χ2v) is 12.1. The van der Waals surface area contributed by atoms with Gasteiger partial charge in [-0.3, -0.25) is 14.2 Å². The number of thiophene rings is 2. The quantitative estimate of drug-likeness (QED) is 0.199. The van der Waals surface area contributed by atoms with Gasteiger partial charge in [0, 0.05) is 26.4 Å². The van der Waals surface area contributed by atoms with Crippen LogP contribution in [0.2, 0.25) is 5.02 Å². The van der Waals surface area contributed by atoms with Crippen molar-refractivity contribution >= 4 is 61.4 Å². The summed E-state index contributed by atoms with van der Waals surface area (Å²) in [5.74, 6) is -0.538. The molecule has 1 amide bonds. The van der Waals surface area contributed by atoms with Crippen LogP contribution in [0, 0.1) is 0 Å². The van der Waals surface area contributed by atoms with Gasteiger partial charge in [0.05, 0.1) is 12.0 Å². The number of esters is 1. The fourth-order valence-corrected chi connectivity index (χ4v) is 7.55. The highest BCUT2D eigenvalue weighted by Crippen LogP contribution is 2.37. The zero-order valence-electron chi connectivity index (χ0n) is 22.2. The molecule has 0 aliphatic heterocycles. The first-order valence-corrected chi connectivity index (χ1v) is 15.5. The molecular formula is C31H26ClN3O4S2. The second kappa shape index (κ2) is 11.6. The number of ether oxygens (including phenoxy) is 1. The van der Waals surface area contributed by atoms with Crippen molar-refractivity contribution < 1.29 is 14.3 Å². The van der Waals surface area contributed by atoms with Crippen molar-refractivity contribution in [3.63, 3.8) is 0 Å². The number of benzene rings is 2. The fourth-order valence-electron chi connectivity index (χ4n) is 5.20. The summed E-state index contributed by atoms with van der Waals surface area (Å²) in [5.41, 5.74) is 3.27. The highest BCUT2D eigenvalue weighted by atomic mass is 35.5. The van der Waals surface area contributed by atoms with Gasteiger partial charge in [0.1, 0.15) is 27.8 Å². The van der Waals surface area contributed by atoms with Crippen molar-refractivity contribution in [1.29, 1.82) is 0 Å². The number of anilines is 1. The minimum atomic E-state index is -0.538. The number of hydrogen-bond donors (Lipinski definition) is 1. The molecule has 6 rings (SSSR count). The third-order valence-corrected chi connectivity index (χ3v) is 9.42. The molecule has 0 saturated heterocycles. The summed E-state index contributed by atoms with van der Waals surface area (Å²) in [4.78, 5) is 47.4. The third kappa shape index (κ3) is 5.32. The van der Waals surface area contributed by atoms with Crippen LogP contribution < -0.4 is 10.9 Å². The minimum Gasteiger partial charge on any atom is -0.462 e. The Bertz CT molecular complexity index is 1820. The van der Waals surface area contributed by atoms with Crippen LogP contribution in [0.4, 0.5) is 5.00 Å². The molecule has 1 aliphatic carbocycles. The third-order valence-electron chi connectivity index (χ3n) is 7.09. The molecule has 0 radical (unpaired) electrons. The van der Waals surface area contributed by atoms with Gasteiger partial charge in [-0.25, -0.2) is 9.78 Å².